The molecule has 0 radical (unpaired) electrons. The normalized spacial score (nSPS) is 32.1. The van der Waals surface area contributed by atoms with Crippen molar-refractivity contribution in [3.8, 4) is 0 Å². The molecule has 1 rings (SSSR count). The van der Waals surface area contributed by atoms with Crippen LogP contribution in [-0.4, -0.2) is 5.67 Å². The summed E-state index contributed by atoms with van der Waals surface area (Å²) in [5.41, 5.74) is 0.104. The Balaban J connectivity index is 2.68. The van der Waals surface area contributed by atoms with E-state index in [0.717, 1.165) is 6.42 Å². The molecule has 0 fully saturated rings. The van der Waals surface area contributed by atoms with E-state index in [1.165, 1.54) is 5.57 Å². The third kappa shape index (κ3) is 1.69. The second-order valence-corrected chi connectivity index (χ2v) is 2.99. The van der Waals surface area contributed by atoms with Crippen molar-refractivity contribution in [3.63, 3.8) is 0 Å². The summed E-state index contributed by atoms with van der Waals surface area (Å²) in [6.07, 6.45) is 6.96. The molecule has 0 nitrogen and oxygen atoms in total. The predicted octanol–water partition coefficient (Wildman–Crippen LogP) is 3.01. The van der Waals surface area contributed by atoms with E-state index in [1.54, 1.807) is 13.0 Å². The Hall–Kier alpha value is -0.590. The number of halogens is 1. The molecule has 1 aliphatic rings. The fraction of sp³-hybridized carbons (Fsp3) is 0.556. The van der Waals surface area contributed by atoms with Gasteiger partial charge in [-0.15, -0.1) is 0 Å². The largest absolute Gasteiger partial charge is 0.239 e. The van der Waals surface area contributed by atoms with Crippen LogP contribution in [0.15, 0.2) is 23.8 Å². The van der Waals surface area contributed by atoms with Gasteiger partial charge >= 0.3 is 0 Å². The van der Waals surface area contributed by atoms with Gasteiger partial charge in [0, 0.05) is 6.42 Å². The van der Waals surface area contributed by atoms with Gasteiger partial charge < -0.3 is 0 Å². The van der Waals surface area contributed by atoms with Crippen LogP contribution in [0.2, 0.25) is 0 Å². The van der Waals surface area contributed by atoms with Gasteiger partial charge in [0.2, 0.25) is 0 Å². The first-order valence-electron chi connectivity index (χ1n) is 3.70. The van der Waals surface area contributed by atoms with E-state index in [9.17, 15) is 4.39 Å². The van der Waals surface area contributed by atoms with Crippen LogP contribution >= 0.6 is 0 Å². The minimum Gasteiger partial charge on any atom is -0.239 e. The van der Waals surface area contributed by atoms with Crippen LogP contribution in [0.4, 0.5) is 4.39 Å². The average Bonchev–Trinajstić information content (AvgIpc) is 1.86. The first-order valence-corrected chi connectivity index (χ1v) is 3.70. The second kappa shape index (κ2) is 2.57. The van der Waals surface area contributed by atoms with Gasteiger partial charge in [-0.25, -0.2) is 4.39 Å². The Morgan fingerprint density at radius 3 is 2.80 bits per heavy atom. The summed E-state index contributed by atoms with van der Waals surface area (Å²) in [5, 5.41) is 0. The standard InChI is InChI=1S/C9H13F/c1-3-8-5-4-6-9(2,10)7-8/h4-6H,3,7H2,1-2H3. The maximum absolute atomic E-state index is 13.2. The molecule has 1 heteroatoms. The van der Waals surface area contributed by atoms with Crippen LogP contribution in [0.1, 0.15) is 26.7 Å². The van der Waals surface area contributed by atoms with Crippen LogP contribution in [0, 0.1) is 0 Å². The lowest BCUT2D eigenvalue weighted by Crippen LogP contribution is -2.16. The smallest absolute Gasteiger partial charge is 0.130 e. The van der Waals surface area contributed by atoms with Gasteiger partial charge in [-0.2, -0.15) is 0 Å². The highest BCUT2D eigenvalue weighted by atomic mass is 19.1. The average molecular weight is 140 g/mol. The number of hydrogen-bond acceptors (Lipinski definition) is 0. The summed E-state index contributed by atoms with van der Waals surface area (Å²) in [6.45, 7) is 3.67. The zero-order valence-corrected chi connectivity index (χ0v) is 6.52. The fourth-order valence-corrected chi connectivity index (χ4v) is 1.19. The summed E-state index contributed by atoms with van der Waals surface area (Å²) >= 11 is 0. The molecule has 0 saturated heterocycles. The maximum Gasteiger partial charge on any atom is 0.130 e. The van der Waals surface area contributed by atoms with E-state index < -0.39 is 5.67 Å². The van der Waals surface area contributed by atoms with Gasteiger partial charge in [0.05, 0.1) is 0 Å². The molecule has 0 aliphatic heterocycles. The molecule has 0 spiro atoms. The molecule has 1 atom stereocenters. The lowest BCUT2D eigenvalue weighted by molar-refractivity contribution is 0.252. The van der Waals surface area contributed by atoms with Crippen molar-refractivity contribution in [1.29, 1.82) is 0 Å². The SMILES string of the molecule is CCC1=CC=CC(C)(F)C1. The Bertz CT molecular complexity index is 175. The molecule has 0 bridgehead atoms. The number of hydrogen-bond donors (Lipinski definition) is 0. The van der Waals surface area contributed by atoms with Crippen molar-refractivity contribution in [1.82, 2.24) is 0 Å². The number of rotatable bonds is 1. The Morgan fingerprint density at radius 1 is 1.70 bits per heavy atom. The molecule has 1 unspecified atom stereocenters. The Kier molecular flexibility index (Phi) is 1.93. The fourth-order valence-electron chi connectivity index (χ4n) is 1.19. The molecule has 0 aromatic rings. The molecule has 0 amide bonds. The first-order chi connectivity index (χ1) is 4.64. The highest BCUT2D eigenvalue weighted by molar-refractivity contribution is 5.24. The van der Waals surface area contributed by atoms with Crippen LogP contribution in [-0.2, 0) is 0 Å². The van der Waals surface area contributed by atoms with Crippen molar-refractivity contribution in [2.75, 3.05) is 0 Å². The van der Waals surface area contributed by atoms with E-state index >= 15 is 0 Å². The monoisotopic (exact) mass is 140 g/mol. The van der Waals surface area contributed by atoms with Crippen LogP contribution in [0.25, 0.3) is 0 Å². The van der Waals surface area contributed by atoms with Crippen molar-refractivity contribution in [2.45, 2.75) is 32.4 Å². The lowest BCUT2D eigenvalue weighted by Gasteiger charge is -2.20. The van der Waals surface area contributed by atoms with Crippen molar-refractivity contribution < 1.29 is 4.39 Å². The van der Waals surface area contributed by atoms with Crippen LogP contribution < -0.4 is 0 Å². The van der Waals surface area contributed by atoms with Crippen molar-refractivity contribution in [3.05, 3.63) is 23.8 Å². The Labute approximate surface area is 61.4 Å². The third-order valence-electron chi connectivity index (χ3n) is 1.80. The second-order valence-electron chi connectivity index (χ2n) is 2.99. The summed E-state index contributed by atoms with van der Waals surface area (Å²) in [6, 6.07) is 0. The molecule has 0 saturated carbocycles. The number of alkyl halides is 1. The molecule has 0 heterocycles. The zero-order valence-electron chi connectivity index (χ0n) is 6.52. The minimum atomic E-state index is -1.10. The van der Waals surface area contributed by atoms with Gasteiger partial charge in [-0.3, -0.25) is 0 Å². The summed E-state index contributed by atoms with van der Waals surface area (Å²) in [7, 11) is 0. The quantitative estimate of drug-likeness (QED) is 0.525. The van der Waals surface area contributed by atoms with E-state index in [1.807, 2.05) is 12.2 Å². The maximum atomic E-state index is 13.2. The van der Waals surface area contributed by atoms with Crippen LogP contribution in [0.3, 0.4) is 0 Å². The lowest BCUT2D eigenvalue weighted by atomic mass is 9.92. The van der Waals surface area contributed by atoms with Crippen LogP contribution in [0.5, 0.6) is 0 Å². The topological polar surface area (TPSA) is 0 Å². The highest BCUT2D eigenvalue weighted by Gasteiger charge is 2.21. The number of allylic oxidation sites excluding steroid dienone is 4. The Morgan fingerprint density at radius 2 is 2.40 bits per heavy atom. The molecule has 1 aliphatic carbocycles. The van der Waals surface area contributed by atoms with Gasteiger partial charge in [-0.1, -0.05) is 24.6 Å². The summed E-state index contributed by atoms with van der Waals surface area (Å²) in [4.78, 5) is 0. The summed E-state index contributed by atoms with van der Waals surface area (Å²) < 4.78 is 13.2. The molecule has 10 heavy (non-hydrogen) atoms. The molecular formula is C9H13F. The van der Waals surface area contributed by atoms with Gasteiger partial charge in [-0.05, 0) is 19.4 Å². The minimum absolute atomic E-state index is 0.569. The van der Waals surface area contributed by atoms with Crippen molar-refractivity contribution >= 4 is 0 Å². The van der Waals surface area contributed by atoms with E-state index in [4.69, 9.17) is 0 Å². The van der Waals surface area contributed by atoms with E-state index in [2.05, 4.69) is 6.92 Å². The first kappa shape index (κ1) is 7.52. The van der Waals surface area contributed by atoms with E-state index in [-0.39, 0.29) is 0 Å². The highest BCUT2D eigenvalue weighted by Crippen LogP contribution is 2.27. The molecule has 0 aromatic carbocycles. The predicted molar refractivity (Wildman–Crippen MR) is 41.6 cm³/mol. The molecule has 0 aromatic heterocycles. The molecular weight excluding hydrogens is 127 g/mol. The zero-order chi connectivity index (χ0) is 7.61. The van der Waals surface area contributed by atoms with Gasteiger partial charge in [0.1, 0.15) is 5.67 Å². The van der Waals surface area contributed by atoms with E-state index in [0.29, 0.717) is 6.42 Å². The molecule has 0 N–H and O–H groups in total. The van der Waals surface area contributed by atoms with Gasteiger partial charge in [0.25, 0.3) is 0 Å². The third-order valence-corrected chi connectivity index (χ3v) is 1.80. The molecule has 56 valence electrons. The summed E-state index contributed by atoms with van der Waals surface area (Å²) in [5.74, 6) is 0. The van der Waals surface area contributed by atoms with Gasteiger partial charge in [0.15, 0.2) is 0 Å². The van der Waals surface area contributed by atoms with Crippen molar-refractivity contribution in [2.24, 2.45) is 0 Å².